The van der Waals surface area contributed by atoms with E-state index in [2.05, 4.69) is 16.5 Å². The highest BCUT2D eigenvalue weighted by atomic mass is 32.1. The molecular weight excluding hydrogens is 638 g/mol. The van der Waals surface area contributed by atoms with Crippen molar-refractivity contribution in [2.75, 3.05) is 47.0 Å². The van der Waals surface area contributed by atoms with Crippen LogP contribution < -0.4 is 9.47 Å². The Kier molecular flexibility index (Phi) is 8.67. The van der Waals surface area contributed by atoms with Gasteiger partial charge >= 0.3 is 0 Å². The molecule has 6 heterocycles. The molecule has 1 aromatic carbocycles. The number of carbonyl (C=O) groups is 1. The van der Waals surface area contributed by atoms with Crippen molar-refractivity contribution in [3.63, 3.8) is 0 Å². The Hall–Kier alpha value is -4.72. The van der Waals surface area contributed by atoms with E-state index in [1.54, 1.807) is 17.3 Å². The minimum Gasteiger partial charge on any atom is -0.490 e. The van der Waals surface area contributed by atoms with Gasteiger partial charge in [-0.15, -0.1) is 11.3 Å². The van der Waals surface area contributed by atoms with E-state index >= 15 is 4.39 Å². The molecule has 2 aliphatic rings. The molecule has 248 valence electrons. The van der Waals surface area contributed by atoms with Crippen molar-refractivity contribution >= 4 is 27.3 Å². The predicted molar refractivity (Wildman–Crippen MR) is 179 cm³/mol. The molecule has 1 atom stereocenters. The minimum atomic E-state index is -0.796. The molecular formula is C35H34F2N6O4S. The number of benzene rings is 1. The van der Waals surface area contributed by atoms with E-state index in [1.807, 2.05) is 42.2 Å². The third kappa shape index (κ3) is 5.82. The maximum atomic E-state index is 16.1. The lowest BCUT2D eigenvalue weighted by molar-refractivity contribution is -0.129. The van der Waals surface area contributed by atoms with Gasteiger partial charge in [-0.3, -0.25) is 19.4 Å². The zero-order valence-electron chi connectivity index (χ0n) is 26.8. The zero-order chi connectivity index (χ0) is 33.5. The molecule has 2 aliphatic heterocycles. The summed E-state index contributed by atoms with van der Waals surface area (Å²) in [4.78, 5) is 26.2. The van der Waals surface area contributed by atoms with Crippen LogP contribution >= 0.6 is 11.3 Å². The van der Waals surface area contributed by atoms with Crippen molar-refractivity contribution in [3.05, 3.63) is 78.1 Å². The van der Waals surface area contributed by atoms with Crippen molar-refractivity contribution in [2.45, 2.75) is 25.6 Å². The van der Waals surface area contributed by atoms with Gasteiger partial charge in [-0.05, 0) is 43.6 Å². The standard InChI is InChI=1S/C35H34F2N6O4S/c1-5-30(44)42-7-8-43-28(20(42)2)15-27(40-43)34-32(31-26(37)13-22(36)14-29(31)46-10-9-45-4)35-25(6-11-48-35)33(39-34)21-12-23(17-38-16-21)47-24-18-41(3)19-24/h5-6,11-17,20,24H,1,7-10,18-19H2,2-4H3. The van der Waals surface area contributed by atoms with Gasteiger partial charge in [0.1, 0.15) is 47.2 Å². The molecule has 10 nitrogen and oxygen atoms in total. The minimum absolute atomic E-state index is 0.0256. The Morgan fingerprint density at radius 1 is 1.10 bits per heavy atom. The summed E-state index contributed by atoms with van der Waals surface area (Å²) in [6, 6.07) is 7.43. The lowest BCUT2D eigenvalue weighted by atomic mass is 9.96. The van der Waals surface area contributed by atoms with Crippen molar-refractivity contribution in [2.24, 2.45) is 0 Å². The van der Waals surface area contributed by atoms with Gasteiger partial charge in [0.15, 0.2) is 0 Å². The predicted octanol–water partition coefficient (Wildman–Crippen LogP) is 5.97. The molecule has 13 heteroatoms. The fraction of sp³-hybridized carbons (Fsp3) is 0.314. The summed E-state index contributed by atoms with van der Waals surface area (Å²) in [5.41, 5.74) is 3.47. The normalized spacial score (nSPS) is 16.5. The van der Waals surface area contributed by atoms with Gasteiger partial charge in [-0.25, -0.2) is 13.8 Å². The molecule has 1 unspecified atom stereocenters. The average Bonchev–Trinajstić information content (AvgIpc) is 3.72. The van der Waals surface area contributed by atoms with Gasteiger partial charge in [-0.2, -0.15) is 5.10 Å². The van der Waals surface area contributed by atoms with Crippen LogP contribution in [0.15, 0.2) is 60.8 Å². The lowest BCUT2D eigenvalue weighted by Gasteiger charge is -2.35. The maximum Gasteiger partial charge on any atom is 0.246 e. The third-order valence-electron chi connectivity index (χ3n) is 8.70. The Morgan fingerprint density at radius 3 is 2.71 bits per heavy atom. The van der Waals surface area contributed by atoms with Crippen LogP contribution in [-0.2, 0) is 16.1 Å². The maximum absolute atomic E-state index is 16.1. The first-order valence-corrected chi connectivity index (χ1v) is 16.5. The fourth-order valence-electron chi connectivity index (χ4n) is 6.36. The molecule has 1 fully saturated rings. The number of nitrogens with zero attached hydrogens (tertiary/aromatic N) is 6. The number of methoxy groups -OCH3 is 1. The molecule has 0 bridgehead atoms. The first-order chi connectivity index (χ1) is 23.2. The van der Waals surface area contributed by atoms with Gasteiger partial charge < -0.3 is 19.1 Å². The second-order valence-electron chi connectivity index (χ2n) is 11.9. The van der Waals surface area contributed by atoms with Gasteiger partial charge in [0.05, 0.1) is 42.3 Å². The van der Waals surface area contributed by atoms with Crippen LogP contribution in [0.5, 0.6) is 11.5 Å². The summed E-state index contributed by atoms with van der Waals surface area (Å²) in [5.74, 6) is -1.09. The summed E-state index contributed by atoms with van der Waals surface area (Å²) in [7, 11) is 3.56. The molecule has 48 heavy (non-hydrogen) atoms. The molecule has 0 radical (unpaired) electrons. The monoisotopic (exact) mass is 672 g/mol. The number of aromatic nitrogens is 4. The fourth-order valence-corrected chi connectivity index (χ4v) is 7.31. The number of thiophene rings is 1. The van der Waals surface area contributed by atoms with E-state index in [9.17, 15) is 9.18 Å². The molecule has 0 aliphatic carbocycles. The number of likely N-dealkylation sites (tertiary alicyclic amines) is 1. The summed E-state index contributed by atoms with van der Waals surface area (Å²) in [6.07, 6.45) is 4.78. The van der Waals surface area contributed by atoms with Crippen molar-refractivity contribution in [1.82, 2.24) is 29.5 Å². The molecule has 7 rings (SSSR count). The number of fused-ring (bicyclic) bond motifs is 2. The quantitative estimate of drug-likeness (QED) is 0.132. The van der Waals surface area contributed by atoms with Crippen LogP contribution in [0.25, 0.3) is 43.9 Å². The van der Waals surface area contributed by atoms with Crippen LogP contribution in [-0.4, -0.2) is 88.6 Å². The molecule has 1 saturated heterocycles. The molecule has 0 spiro atoms. The number of amides is 1. The van der Waals surface area contributed by atoms with Crippen molar-refractivity contribution in [1.29, 1.82) is 0 Å². The van der Waals surface area contributed by atoms with Crippen LogP contribution in [0.2, 0.25) is 0 Å². The molecule has 0 N–H and O–H groups in total. The number of rotatable bonds is 10. The summed E-state index contributed by atoms with van der Waals surface area (Å²) >= 11 is 1.41. The number of hydrogen-bond acceptors (Lipinski definition) is 9. The Bertz CT molecular complexity index is 2020. The van der Waals surface area contributed by atoms with Gasteiger partial charge in [0.25, 0.3) is 0 Å². The van der Waals surface area contributed by atoms with E-state index in [1.165, 1.54) is 30.6 Å². The largest absolute Gasteiger partial charge is 0.490 e. The summed E-state index contributed by atoms with van der Waals surface area (Å²) in [6.45, 7) is 8.45. The zero-order valence-corrected chi connectivity index (χ0v) is 27.6. The number of halogens is 2. The summed E-state index contributed by atoms with van der Waals surface area (Å²) in [5, 5.41) is 7.60. The Balaban J connectivity index is 1.44. The number of likely N-dealkylation sites (N-methyl/N-ethyl adjacent to an activating group) is 1. The highest BCUT2D eigenvalue weighted by molar-refractivity contribution is 7.18. The van der Waals surface area contributed by atoms with Gasteiger partial charge in [0, 0.05) is 66.3 Å². The van der Waals surface area contributed by atoms with Crippen LogP contribution in [0, 0.1) is 11.6 Å². The van der Waals surface area contributed by atoms with Crippen LogP contribution in [0.4, 0.5) is 8.78 Å². The molecule has 1 amide bonds. The van der Waals surface area contributed by atoms with E-state index in [-0.39, 0.29) is 42.6 Å². The molecule has 5 aromatic rings. The third-order valence-corrected chi connectivity index (χ3v) is 9.63. The van der Waals surface area contributed by atoms with E-state index in [4.69, 9.17) is 24.3 Å². The van der Waals surface area contributed by atoms with E-state index in [0.29, 0.717) is 51.7 Å². The number of ether oxygens (including phenoxy) is 3. The van der Waals surface area contributed by atoms with Gasteiger partial charge in [0.2, 0.25) is 5.91 Å². The van der Waals surface area contributed by atoms with Crippen LogP contribution in [0.1, 0.15) is 18.7 Å². The number of carbonyl (C=O) groups excluding carboxylic acids is 1. The Labute approximate surface area is 280 Å². The van der Waals surface area contributed by atoms with Gasteiger partial charge in [-0.1, -0.05) is 6.58 Å². The van der Waals surface area contributed by atoms with E-state index < -0.39 is 11.6 Å². The molecule has 0 saturated carbocycles. The average molecular weight is 673 g/mol. The SMILES string of the molecule is C=CC(=O)N1CCn2nc(-c3nc(-c4cncc(OC5CN(C)C5)c4)c4ccsc4c3-c3c(F)cc(F)cc3OCCOC)cc2C1C. The second-order valence-corrected chi connectivity index (χ2v) is 12.8. The molecule has 4 aromatic heterocycles. The first kappa shape index (κ1) is 31.9. The van der Waals surface area contributed by atoms with Crippen molar-refractivity contribution < 1.29 is 27.8 Å². The smallest absolute Gasteiger partial charge is 0.246 e. The highest BCUT2D eigenvalue weighted by Crippen LogP contribution is 2.47. The topological polar surface area (TPSA) is 94.8 Å². The lowest BCUT2D eigenvalue weighted by Crippen LogP contribution is -2.51. The Morgan fingerprint density at radius 2 is 1.94 bits per heavy atom. The van der Waals surface area contributed by atoms with E-state index in [0.717, 1.165) is 30.2 Å². The number of hydrogen-bond donors (Lipinski definition) is 0. The number of pyridine rings is 2. The highest BCUT2D eigenvalue weighted by Gasteiger charge is 2.32. The first-order valence-electron chi connectivity index (χ1n) is 15.6. The van der Waals surface area contributed by atoms with Crippen molar-refractivity contribution in [3.8, 4) is 45.3 Å². The van der Waals surface area contributed by atoms with Crippen LogP contribution in [0.3, 0.4) is 0 Å². The second kappa shape index (κ2) is 13.1. The summed E-state index contributed by atoms with van der Waals surface area (Å²) < 4.78 is 50.5.